The first-order valence-corrected chi connectivity index (χ1v) is 3.73. The molecule has 2 atom stereocenters. The Hall–Kier alpha value is -0.160. The zero-order valence-corrected chi connectivity index (χ0v) is 6.82. The maximum absolute atomic E-state index is 9.29. The molecule has 0 saturated carbocycles. The van der Waals surface area contributed by atoms with Crippen LogP contribution < -0.4 is 0 Å². The number of aliphatic hydroxyl groups excluding tert-OH is 1. The monoisotopic (exact) mass is 162 g/mol. The summed E-state index contributed by atoms with van der Waals surface area (Å²) in [5.41, 5.74) is 0. The maximum Gasteiger partial charge on any atom is 0.183 e. The first-order chi connectivity index (χ1) is 5.20. The van der Waals surface area contributed by atoms with Gasteiger partial charge in [-0.2, -0.15) is 0 Å². The predicted octanol–water partition coefficient (Wildman–Crippen LogP) is 0.103. The summed E-state index contributed by atoms with van der Waals surface area (Å²) in [5.74, 6) is 0. The summed E-state index contributed by atoms with van der Waals surface area (Å²) < 4.78 is 15.0. The smallest absolute Gasteiger partial charge is 0.183 e. The lowest BCUT2D eigenvalue weighted by molar-refractivity contribution is -0.180. The molecule has 1 heterocycles. The van der Waals surface area contributed by atoms with E-state index in [0.29, 0.717) is 6.61 Å². The Balaban J connectivity index is 2.22. The minimum atomic E-state index is -0.863. The SMILES string of the molecule is CC(C)OC(O)C1COCO1. The fourth-order valence-electron chi connectivity index (χ4n) is 0.879. The van der Waals surface area contributed by atoms with E-state index in [-0.39, 0.29) is 19.0 Å². The standard InChI is InChI=1S/C7H14O4/c1-5(2)11-7(8)6-3-9-4-10-6/h5-8H,3-4H2,1-2H3. The van der Waals surface area contributed by atoms with Crippen molar-refractivity contribution in [2.24, 2.45) is 0 Å². The van der Waals surface area contributed by atoms with Crippen LogP contribution in [0.5, 0.6) is 0 Å². The van der Waals surface area contributed by atoms with E-state index in [4.69, 9.17) is 14.2 Å². The van der Waals surface area contributed by atoms with Crippen LogP contribution in [0.15, 0.2) is 0 Å². The van der Waals surface area contributed by atoms with Gasteiger partial charge in [0.05, 0.1) is 12.7 Å². The van der Waals surface area contributed by atoms with Gasteiger partial charge in [0.15, 0.2) is 6.29 Å². The second-order valence-electron chi connectivity index (χ2n) is 2.77. The Kier molecular flexibility index (Phi) is 3.26. The van der Waals surface area contributed by atoms with Gasteiger partial charge in [-0.15, -0.1) is 0 Å². The highest BCUT2D eigenvalue weighted by atomic mass is 16.7. The van der Waals surface area contributed by atoms with Crippen LogP contribution in [0.2, 0.25) is 0 Å². The summed E-state index contributed by atoms with van der Waals surface area (Å²) in [4.78, 5) is 0. The minimum absolute atomic E-state index is 0.00852. The highest BCUT2D eigenvalue weighted by molar-refractivity contribution is 4.63. The van der Waals surface area contributed by atoms with E-state index in [2.05, 4.69) is 0 Å². The number of ether oxygens (including phenoxy) is 3. The Bertz CT molecular complexity index is 109. The molecule has 1 saturated heterocycles. The quantitative estimate of drug-likeness (QED) is 0.598. The summed E-state index contributed by atoms with van der Waals surface area (Å²) in [6.07, 6.45) is -1.18. The van der Waals surface area contributed by atoms with Gasteiger partial charge in [0.2, 0.25) is 0 Å². The molecule has 1 aliphatic heterocycles. The van der Waals surface area contributed by atoms with Gasteiger partial charge in [0.1, 0.15) is 12.9 Å². The average Bonchev–Trinajstić information content (AvgIpc) is 2.35. The molecular weight excluding hydrogens is 148 g/mol. The molecule has 66 valence electrons. The van der Waals surface area contributed by atoms with Crippen LogP contribution in [0.3, 0.4) is 0 Å². The molecule has 0 aromatic heterocycles. The van der Waals surface area contributed by atoms with Crippen LogP contribution in [0.1, 0.15) is 13.8 Å². The van der Waals surface area contributed by atoms with E-state index in [1.165, 1.54) is 0 Å². The molecule has 2 unspecified atom stereocenters. The zero-order chi connectivity index (χ0) is 8.27. The van der Waals surface area contributed by atoms with Gasteiger partial charge in [-0.25, -0.2) is 0 Å². The molecule has 0 bridgehead atoms. The van der Waals surface area contributed by atoms with Crippen LogP contribution in [-0.4, -0.2) is 37.0 Å². The van der Waals surface area contributed by atoms with Crippen molar-refractivity contribution in [1.82, 2.24) is 0 Å². The van der Waals surface area contributed by atoms with Gasteiger partial charge in [0.25, 0.3) is 0 Å². The molecular formula is C7H14O4. The maximum atomic E-state index is 9.29. The third-order valence-corrected chi connectivity index (χ3v) is 1.38. The Morgan fingerprint density at radius 2 is 2.27 bits per heavy atom. The lowest BCUT2D eigenvalue weighted by Crippen LogP contribution is -2.32. The van der Waals surface area contributed by atoms with Crippen molar-refractivity contribution in [2.75, 3.05) is 13.4 Å². The first kappa shape index (κ1) is 8.93. The molecule has 0 spiro atoms. The van der Waals surface area contributed by atoms with Gasteiger partial charge in [-0.3, -0.25) is 0 Å². The van der Waals surface area contributed by atoms with Gasteiger partial charge in [0, 0.05) is 0 Å². The minimum Gasteiger partial charge on any atom is -0.366 e. The lowest BCUT2D eigenvalue weighted by atomic mass is 10.3. The van der Waals surface area contributed by atoms with E-state index in [1.54, 1.807) is 0 Å². The topological polar surface area (TPSA) is 47.9 Å². The van der Waals surface area contributed by atoms with E-state index in [0.717, 1.165) is 0 Å². The summed E-state index contributed by atoms with van der Waals surface area (Å²) >= 11 is 0. The number of hydrogen-bond acceptors (Lipinski definition) is 4. The summed E-state index contributed by atoms with van der Waals surface area (Å²) in [6.45, 7) is 4.38. The van der Waals surface area contributed by atoms with Crippen molar-refractivity contribution in [2.45, 2.75) is 32.3 Å². The third kappa shape index (κ3) is 2.75. The van der Waals surface area contributed by atoms with Crippen LogP contribution in [0.4, 0.5) is 0 Å². The molecule has 0 aliphatic carbocycles. The molecule has 0 aromatic rings. The Morgan fingerprint density at radius 3 is 2.73 bits per heavy atom. The first-order valence-electron chi connectivity index (χ1n) is 3.73. The summed E-state index contributed by atoms with van der Waals surface area (Å²) in [5, 5.41) is 9.29. The van der Waals surface area contributed by atoms with Gasteiger partial charge in [-0.05, 0) is 13.8 Å². The second kappa shape index (κ2) is 4.01. The van der Waals surface area contributed by atoms with Crippen LogP contribution in [0, 0.1) is 0 Å². The van der Waals surface area contributed by atoms with Crippen LogP contribution in [0.25, 0.3) is 0 Å². The van der Waals surface area contributed by atoms with Crippen molar-refractivity contribution >= 4 is 0 Å². The molecule has 11 heavy (non-hydrogen) atoms. The summed E-state index contributed by atoms with van der Waals surface area (Å²) in [6, 6.07) is 0. The van der Waals surface area contributed by atoms with Gasteiger partial charge < -0.3 is 19.3 Å². The zero-order valence-electron chi connectivity index (χ0n) is 6.82. The second-order valence-corrected chi connectivity index (χ2v) is 2.77. The molecule has 4 nitrogen and oxygen atoms in total. The molecule has 0 radical (unpaired) electrons. The lowest BCUT2D eigenvalue weighted by Gasteiger charge is -2.18. The van der Waals surface area contributed by atoms with E-state index < -0.39 is 6.29 Å². The predicted molar refractivity (Wildman–Crippen MR) is 37.9 cm³/mol. The van der Waals surface area contributed by atoms with Crippen LogP contribution >= 0.6 is 0 Å². The average molecular weight is 162 g/mol. The molecule has 1 aliphatic rings. The molecule has 0 amide bonds. The third-order valence-electron chi connectivity index (χ3n) is 1.38. The fraction of sp³-hybridized carbons (Fsp3) is 1.00. The summed E-state index contributed by atoms with van der Waals surface area (Å²) in [7, 11) is 0. The van der Waals surface area contributed by atoms with Gasteiger partial charge >= 0.3 is 0 Å². The number of aliphatic hydroxyl groups is 1. The van der Waals surface area contributed by atoms with Crippen molar-refractivity contribution in [3.8, 4) is 0 Å². The molecule has 1 fully saturated rings. The normalized spacial score (nSPS) is 27.8. The largest absolute Gasteiger partial charge is 0.366 e. The van der Waals surface area contributed by atoms with Crippen molar-refractivity contribution in [3.63, 3.8) is 0 Å². The Labute approximate surface area is 66.1 Å². The van der Waals surface area contributed by atoms with Crippen molar-refractivity contribution in [1.29, 1.82) is 0 Å². The van der Waals surface area contributed by atoms with Gasteiger partial charge in [-0.1, -0.05) is 0 Å². The number of hydrogen-bond donors (Lipinski definition) is 1. The highest BCUT2D eigenvalue weighted by Crippen LogP contribution is 2.10. The van der Waals surface area contributed by atoms with E-state index in [1.807, 2.05) is 13.8 Å². The molecule has 1 N–H and O–H groups in total. The fourth-order valence-corrected chi connectivity index (χ4v) is 0.879. The van der Waals surface area contributed by atoms with Crippen LogP contribution in [-0.2, 0) is 14.2 Å². The van der Waals surface area contributed by atoms with Crippen molar-refractivity contribution < 1.29 is 19.3 Å². The van der Waals surface area contributed by atoms with E-state index in [9.17, 15) is 5.11 Å². The molecule has 1 rings (SSSR count). The van der Waals surface area contributed by atoms with Crippen molar-refractivity contribution in [3.05, 3.63) is 0 Å². The molecule has 4 heteroatoms. The highest BCUT2D eigenvalue weighted by Gasteiger charge is 2.25. The Morgan fingerprint density at radius 1 is 1.55 bits per heavy atom. The van der Waals surface area contributed by atoms with E-state index >= 15 is 0 Å². The molecule has 0 aromatic carbocycles. The number of rotatable bonds is 3.